The molecule has 0 saturated heterocycles. The van der Waals surface area contributed by atoms with E-state index in [1.165, 1.54) is 6.07 Å². The van der Waals surface area contributed by atoms with Gasteiger partial charge < -0.3 is 5.32 Å². The molecule has 0 aliphatic rings. The van der Waals surface area contributed by atoms with E-state index in [0.29, 0.717) is 22.5 Å². The van der Waals surface area contributed by atoms with E-state index in [1.54, 1.807) is 47.3 Å². The standard InChI is InChI=1S/C17H14F3N7/c1-26-10-14(8-22-26)24-16-21-6-12-7-23-27(15(12)25-16)9-11-3-2-4-13(5-11)17(18,19)20/h2-8,10H,9H2,1H3,(H,21,24,25). The minimum Gasteiger partial charge on any atom is -0.321 e. The van der Waals surface area contributed by atoms with Gasteiger partial charge in [-0.1, -0.05) is 12.1 Å². The van der Waals surface area contributed by atoms with Crippen molar-refractivity contribution in [3.8, 4) is 0 Å². The summed E-state index contributed by atoms with van der Waals surface area (Å²) in [7, 11) is 1.79. The number of nitrogens with zero attached hydrogens (tertiary/aromatic N) is 6. The van der Waals surface area contributed by atoms with Gasteiger partial charge in [0.1, 0.15) is 0 Å². The van der Waals surface area contributed by atoms with Crippen LogP contribution in [0.25, 0.3) is 11.0 Å². The highest BCUT2D eigenvalue weighted by molar-refractivity contribution is 5.75. The van der Waals surface area contributed by atoms with Crippen LogP contribution in [0.1, 0.15) is 11.1 Å². The molecular weight excluding hydrogens is 359 g/mol. The van der Waals surface area contributed by atoms with Gasteiger partial charge in [-0.3, -0.25) is 4.68 Å². The molecule has 0 amide bonds. The maximum Gasteiger partial charge on any atom is 0.416 e. The van der Waals surface area contributed by atoms with E-state index < -0.39 is 11.7 Å². The van der Waals surface area contributed by atoms with E-state index in [2.05, 4.69) is 25.5 Å². The second-order valence-corrected chi connectivity index (χ2v) is 6.00. The zero-order chi connectivity index (χ0) is 19.0. The van der Waals surface area contributed by atoms with Gasteiger partial charge in [0.2, 0.25) is 5.95 Å². The summed E-state index contributed by atoms with van der Waals surface area (Å²) >= 11 is 0. The van der Waals surface area contributed by atoms with Gasteiger partial charge in [-0.15, -0.1) is 0 Å². The molecule has 4 aromatic rings. The summed E-state index contributed by atoms with van der Waals surface area (Å²) in [4.78, 5) is 8.64. The van der Waals surface area contributed by atoms with Gasteiger partial charge in [0.05, 0.1) is 35.6 Å². The Morgan fingerprint density at radius 3 is 2.70 bits per heavy atom. The van der Waals surface area contributed by atoms with Gasteiger partial charge in [0, 0.05) is 19.4 Å². The number of benzene rings is 1. The average molecular weight is 373 g/mol. The Bertz CT molecular complexity index is 1100. The summed E-state index contributed by atoms with van der Waals surface area (Å²) in [5, 5.41) is 12.0. The fraction of sp³-hybridized carbons (Fsp3) is 0.176. The van der Waals surface area contributed by atoms with Crippen LogP contribution >= 0.6 is 0 Å². The largest absolute Gasteiger partial charge is 0.416 e. The predicted octanol–water partition coefficient (Wildman–Crippen LogP) is 3.37. The van der Waals surface area contributed by atoms with Gasteiger partial charge in [0.15, 0.2) is 5.65 Å². The van der Waals surface area contributed by atoms with Crippen molar-refractivity contribution in [2.45, 2.75) is 12.7 Å². The lowest BCUT2D eigenvalue weighted by Crippen LogP contribution is -2.08. The van der Waals surface area contributed by atoms with Crippen LogP contribution in [0.4, 0.5) is 24.8 Å². The molecular formula is C17H14F3N7. The van der Waals surface area contributed by atoms with Crippen LogP contribution in [0.2, 0.25) is 0 Å². The molecule has 0 saturated carbocycles. The van der Waals surface area contributed by atoms with Crippen molar-refractivity contribution >= 4 is 22.7 Å². The molecule has 0 aliphatic carbocycles. The molecule has 1 N–H and O–H groups in total. The van der Waals surface area contributed by atoms with Gasteiger partial charge in [-0.05, 0) is 17.7 Å². The third kappa shape index (κ3) is 3.59. The van der Waals surface area contributed by atoms with E-state index in [9.17, 15) is 13.2 Å². The quantitative estimate of drug-likeness (QED) is 0.594. The van der Waals surface area contributed by atoms with E-state index in [-0.39, 0.29) is 6.54 Å². The number of aryl methyl sites for hydroxylation is 1. The fourth-order valence-electron chi connectivity index (χ4n) is 2.68. The van der Waals surface area contributed by atoms with E-state index in [0.717, 1.165) is 17.8 Å². The van der Waals surface area contributed by atoms with Gasteiger partial charge >= 0.3 is 6.18 Å². The smallest absolute Gasteiger partial charge is 0.321 e. The molecule has 0 unspecified atom stereocenters. The molecule has 3 heterocycles. The first-order chi connectivity index (χ1) is 12.9. The van der Waals surface area contributed by atoms with Crippen molar-refractivity contribution in [3.05, 3.63) is 60.2 Å². The number of nitrogens with one attached hydrogen (secondary N) is 1. The van der Waals surface area contributed by atoms with Crippen LogP contribution in [0.15, 0.2) is 49.1 Å². The van der Waals surface area contributed by atoms with Crippen molar-refractivity contribution in [1.82, 2.24) is 29.5 Å². The maximum absolute atomic E-state index is 12.9. The maximum atomic E-state index is 12.9. The van der Waals surface area contributed by atoms with Crippen molar-refractivity contribution in [1.29, 1.82) is 0 Å². The number of anilines is 2. The zero-order valence-electron chi connectivity index (χ0n) is 14.1. The number of hydrogen-bond donors (Lipinski definition) is 1. The molecule has 27 heavy (non-hydrogen) atoms. The Labute approximate surface area is 151 Å². The molecule has 0 aliphatic heterocycles. The Morgan fingerprint density at radius 1 is 1.11 bits per heavy atom. The number of alkyl halides is 3. The molecule has 0 spiro atoms. The van der Waals surface area contributed by atoms with Gasteiger partial charge in [-0.2, -0.15) is 28.4 Å². The summed E-state index contributed by atoms with van der Waals surface area (Å²) in [6.45, 7) is 0.163. The Kier molecular flexibility index (Phi) is 4.02. The lowest BCUT2D eigenvalue weighted by molar-refractivity contribution is -0.137. The zero-order valence-corrected chi connectivity index (χ0v) is 14.1. The third-order valence-corrected chi connectivity index (χ3v) is 3.92. The minimum atomic E-state index is -4.38. The molecule has 4 rings (SSSR count). The fourth-order valence-corrected chi connectivity index (χ4v) is 2.68. The number of halogens is 3. The summed E-state index contributed by atoms with van der Waals surface area (Å²) < 4.78 is 41.9. The Hall–Kier alpha value is -3.43. The van der Waals surface area contributed by atoms with Crippen LogP contribution in [-0.4, -0.2) is 29.5 Å². The van der Waals surface area contributed by atoms with Crippen LogP contribution in [-0.2, 0) is 19.8 Å². The number of rotatable bonds is 4. The Balaban J connectivity index is 1.63. The predicted molar refractivity (Wildman–Crippen MR) is 92.4 cm³/mol. The SMILES string of the molecule is Cn1cc(Nc2ncc3cnn(Cc4cccc(C(F)(F)F)c4)c3n2)cn1. The number of hydrogen-bond acceptors (Lipinski definition) is 5. The summed E-state index contributed by atoms with van der Waals surface area (Å²) in [6.07, 6.45) is 2.21. The highest BCUT2D eigenvalue weighted by Gasteiger charge is 2.30. The molecule has 0 radical (unpaired) electrons. The average Bonchev–Trinajstić information content (AvgIpc) is 3.21. The lowest BCUT2D eigenvalue weighted by Gasteiger charge is -2.09. The molecule has 10 heteroatoms. The highest BCUT2D eigenvalue weighted by atomic mass is 19.4. The first kappa shape index (κ1) is 17.0. The molecule has 0 fully saturated rings. The van der Waals surface area contributed by atoms with Crippen molar-refractivity contribution in [2.75, 3.05) is 5.32 Å². The molecule has 3 aromatic heterocycles. The number of fused-ring (bicyclic) bond motifs is 1. The normalized spacial score (nSPS) is 11.9. The first-order valence-corrected chi connectivity index (χ1v) is 7.99. The topological polar surface area (TPSA) is 73.5 Å². The summed E-state index contributed by atoms with van der Waals surface area (Å²) in [5.74, 6) is 0.348. The Morgan fingerprint density at radius 2 is 1.96 bits per heavy atom. The van der Waals surface area contributed by atoms with Gasteiger partial charge in [0.25, 0.3) is 0 Å². The molecule has 138 valence electrons. The van der Waals surface area contributed by atoms with Crippen LogP contribution in [0.5, 0.6) is 0 Å². The molecule has 0 bridgehead atoms. The van der Waals surface area contributed by atoms with E-state index in [1.807, 2.05) is 0 Å². The first-order valence-electron chi connectivity index (χ1n) is 7.99. The second kappa shape index (κ2) is 6.38. The molecule has 0 atom stereocenters. The summed E-state index contributed by atoms with van der Waals surface area (Å²) in [5.41, 5.74) is 1.04. The number of aromatic nitrogens is 6. The van der Waals surface area contributed by atoms with Crippen molar-refractivity contribution in [2.24, 2.45) is 7.05 Å². The van der Waals surface area contributed by atoms with Crippen LogP contribution < -0.4 is 5.32 Å². The van der Waals surface area contributed by atoms with Crippen LogP contribution in [0.3, 0.4) is 0 Å². The summed E-state index contributed by atoms with van der Waals surface area (Å²) in [6, 6.07) is 5.17. The van der Waals surface area contributed by atoms with E-state index >= 15 is 0 Å². The third-order valence-electron chi connectivity index (χ3n) is 3.92. The lowest BCUT2D eigenvalue weighted by atomic mass is 10.1. The van der Waals surface area contributed by atoms with Crippen LogP contribution in [0, 0.1) is 0 Å². The second-order valence-electron chi connectivity index (χ2n) is 6.00. The molecule has 1 aromatic carbocycles. The minimum absolute atomic E-state index is 0.163. The van der Waals surface area contributed by atoms with E-state index in [4.69, 9.17) is 0 Å². The van der Waals surface area contributed by atoms with Gasteiger partial charge in [-0.25, -0.2) is 9.67 Å². The molecule has 7 nitrogen and oxygen atoms in total. The van der Waals surface area contributed by atoms with Crippen molar-refractivity contribution < 1.29 is 13.2 Å². The highest BCUT2D eigenvalue weighted by Crippen LogP contribution is 2.29. The van der Waals surface area contributed by atoms with Crippen molar-refractivity contribution in [3.63, 3.8) is 0 Å². The monoisotopic (exact) mass is 373 g/mol.